The topological polar surface area (TPSA) is 81.2 Å². The maximum Gasteiger partial charge on any atom is 0.320 e. The number of hydrogen-bond acceptors (Lipinski definition) is 3. The van der Waals surface area contributed by atoms with Gasteiger partial charge in [-0.25, -0.2) is 4.79 Å². The lowest BCUT2D eigenvalue weighted by Gasteiger charge is -2.38. The molecule has 0 spiro atoms. The fourth-order valence-electron chi connectivity index (χ4n) is 4.32. The summed E-state index contributed by atoms with van der Waals surface area (Å²) in [6.45, 7) is 4.25. The summed E-state index contributed by atoms with van der Waals surface area (Å²) in [5.41, 5.74) is 0. The van der Waals surface area contributed by atoms with Gasteiger partial charge in [-0.3, -0.25) is 9.59 Å². The Kier molecular flexibility index (Phi) is 5.81. The molecule has 0 saturated carbocycles. The van der Waals surface area contributed by atoms with Gasteiger partial charge in [0, 0.05) is 45.7 Å². The van der Waals surface area contributed by atoms with Gasteiger partial charge in [-0.15, -0.1) is 0 Å². The molecule has 0 bridgehead atoms. The zero-order valence-electron chi connectivity index (χ0n) is 14.9. The number of carbonyl (C=O) groups excluding carboxylic acids is 2. The number of nitrogens with zero attached hydrogens (tertiary/aromatic N) is 3. The van der Waals surface area contributed by atoms with E-state index in [9.17, 15) is 14.4 Å². The van der Waals surface area contributed by atoms with Crippen LogP contribution in [-0.4, -0.2) is 77.0 Å². The highest BCUT2D eigenvalue weighted by atomic mass is 16.4. The zero-order valence-corrected chi connectivity index (χ0v) is 14.9. The molecule has 25 heavy (non-hydrogen) atoms. The minimum atomic E-state index is -0.756. The molecule has 140 valence electrons. The number of piperidine rings is 2. The molecule has 3 saturated heterocycles. The lowest BCUT2D eigenvalue weighted by molar-refractivity contribution is -0.140. The molecule has 3 heterocycles. The Labute approximate surface area is 148 Å². The van der Waals surface area contributed by atoms with Crippen LogP contribution in [0, 0.1) is 11.8 Å². The van der Waals surface area contributed by atoms with E-state index >= 15 is 0 Å². The van der Waals surface area contributed by atoms with Crippen molar-refractivity contribution >= 4 is 17.9 Å². The van der Waals surface area contributed by atoms with E-state index in [-0.39, 0.29) is 30.2 Å². The Morgan fingerprint density at radius 3 is 2.08 bits per heavy atom. The van der Waals surface area contributed by atoms with Gasteiger partial charge < -0.3 is 19.8 Å². The largest absolute Gasteiger partial charge is 0.481 e. The molecule has 0 aromatic heterocycles. The van der Waals surface area contributed by atoms with Crippen molar-refractivity contribution in [3.05, 3.63) is 0 Å². The molecule has 3 amide bonds. The number of carboxylic acid groups (broad SMARTS) is 1. The molecule has 3 aliphatic rings. The quantitative estimate of drug-likeness (QED) is 0.838. The average Bonchev–Trinajstić information content (AvgIpc) is 3.15. The molecule has 3 fully saturated rings. The molecule has 0 aliphatic carbocycles. The number of aliphatic carboxylic acids is 1. The summed E-state index contributed by atoms with van der Waals surface area (Å²) in [5.74, 6) is -0.529. The number of carboxylic acids is 1. The van der Waals surface area contributed by atoms with Gasteiger partial charge in [0.2, 0.25) is 5.91 Å². The van der Waals surface area contributed by atoms with Crippen molar-refractivity contribution in [3.8, 4) is 0 Å². The second-order valence-corrected chi connectivity index (χ2v) is 7.63. The fourth-order valence-corrected chi connectivity index (χ4v) is 4.32. The van der Waals surface area contributed by atoms with Crippen LogP contribution in [0.5, 0.6) is 0 Å². The van der Waals surface area contributed by atoms with E-state index in [0.717, 1.165) is 58.2 Å². The van der Waals surface area contributed by atoms with Crippen LogP contribution in [-0.2, 0) is 9.59 Å². The van der Waals surface area contributed by atoms with E-state index in [0.29, 0.717) is 19.6 Å². The van der Waals surface area contributed by atoms with Gasteiger partial charge in [-0.05, 0) is 44.4 Å². The fraction of sp³-hybridized carbons (Fsp3) is 0.833. The minimum Gasteiger partial charge on any atom is -0.481 e. The Hall–Kier alpha value is -1.79. The number of rotatable bonds is 3. The van der Waals surface area contributed by atoms with Gasteiger partial charge in [0.1, 0.15) is 0 Å². The summed E-state index contributed by atoms with van der Waals surface area (Å²) < 4.78 is 0. The second-order valence-electron chi connectivity index (χ2n) is 7.63. The van der Waals surface area contributed by atoms with Gasteiger partial charge in [-0.1, -0.05) is 0 Å². The lowest BCUT2D eigenvalue weighted by Crippen LogP contribution is -2.51. The van der Waals surface area contributed by atoms with Crippen LogP contribution in [0.3, 0.4) is 0 Å². The third-order valence-electron chi connectivity index (χ3n) is 5.81. The summed E-state index contributed by atoms with van der Waals surface area (Å²) in [5, 5.41) is 8.89. The Morgan fingerprint density at radius 1 is 0.800 bits per heavy atom. The van der Waals surface area contributed by atoms with Crippen molar-refractivity contribution in [2.45, 2.75) is 44.9 Å². The summed E-state index contributed by atoms with van der Waals surface area (Å²) >= 11 is 0. The van der Waals surface area contributed by atoms with Crippen LogP contribution in [0.2, 0.25) is 0 Å². The van der Waals surface area contributed by atoms with Crippen LogP contribution in [0.4, 0.5) is 4.79 Å². The molecule has 0 aromatic rings. The molecule has 1 N–H and O–H groups in total. The number of likely N-dealkylation sites (tertiary alicyclic amines) is 3. The second kappa shape index (κ2) is 8.06. The molecule has 7 heteroatoms. The SMILES string of the molecule is O=C(O)CC1CCN(C(=O)C2CCCN(C(=O)N3CCCC3)C2)CC1. The zero-order chi connectivity index (χ0) is 17.8. The van der Waals surface area contributed by atoms with Crippen LogP contribution in [0.15, 0.2) is 0 Å². The van der Waals surface area contributed by atoms with E-state index in [1.807, 2.05) is 14.7 Å². The van der Waals surface area contributed by atoms with E-state index in [4.69, 9.17) is 5.11 Å². The smallest absolute Gasteiger partial charge is 0.320 e. The van der Waals surface area contributed by atoms with Crippen LogP contribution in [0.1, 0.15) is 44.9 Å². The van der Waals surface area contributed by atoms with E-state index in [1.165, 1.54) is 0 Å². The van der Waals surface area contributed by atoms with E-state index in [2.05, 4.69) is 0 Å². The maximum atomic E-state index is 12.8. The number of urea groups is 1. The molecule has 0 radical (unpaired) electrons. The van der Waals surface area contributed by atoms with Crippen LogP contribution in [0.25, 0.3) is 0 Å². The lowest BCUT2D eigenvalue weighted by atomic mass is 9.91. The first kappa shape index (κ1) is 18.0. The van der Waals surface area contributed by atoms with Gasteiger partial charge in [0.05, 0.1) is 5.92 Å². The molecule has 1 unspecified atom stereocenters. The highest BCUT2D eigenvalue weighted by Crippen LogP contribution is 2.25. The summed E-state index contributed by atoms with van der Waals surface area (Å²) in [4.78, 5) is 41.9. The van der Waals surface area contributed by atoms with Gasteiger partial charge in [-0.2, -0.15) is 0 Å². The van der Waals surface area contributed by atoms with Crippen LogP contribution >= 0.6 is 0 Å². The molecule has 3 rings (SSSR count). The molecule has 1 atom stereocenters. The Morgan fingerprint density at radius 2 is 1.44 bits per heavy atom. The predicted octanol–water partition coefficient (Wildman–Crippen LogP) is 1.63. The van der Waals surface area contributed by atoms with Crippen molar-refractivity contribution < 1.29 is 19.5 Å². The highest BCUT2D eigenvalue weighted by molar-refractivity contribution is 5.81. The average molecular weight is 351 g/mol. The molecule has 7 nitrogen and oxygen atoms in total. The number of amides is 3. The molecule has 0 aromatic carbocycles. The van der Waals surface area contributed by atoms with Gasteiger partial charge in [0.15, 0.2) is 0 Å². The monoisotopic (exact) mass is 351 g/mol. The normalized spacial score (nSPS) is 25.3. The number of carbonyl (C=O) groups is 3. The van der Waals surface area contributed by atoms with Crippen molar-refractivity contribution in [1.82, 2.24) is 14.7 Å². The molecular weight excluding hydrogens is 322 g/mol. The van der Waals surface area contributed by atoms with E-state index in [1.54, 1.807) is 0 Å². The van der Waals surface area contributed by atoms with Crippen molar-refractivity contribution in [3.63, 3.8) is 0 Å². The summed E-state index contributed by atoms with van der Waals surface area (Å²) in [6.07, 6.45) is 5.61. The van der Waals surface area contributed by atoms with E-state index < -0.39 is 5.97 Å². The third-order valence-corrected chi connectivity index (χ3v) is 5.81. The first-order chi connectivity index (χ1) is 12.0. The first-order valence-electron chi connectivity index (χ1n) is 9.59. The Balaban J connectivity index is 1.50. The van der Waals surface area contributed by atoms with Crippen molar-refractivity contribution in [2.24, 2.45) is 11.8 Å². The summed E-state index contributed by atoms with van der Waals surface area (Å²) in [6, 6.07) is 0.0927. The van der Waals surface area contributed by atoms with Crippen molar-refractivity contribution in [2.75, 3.05) is 39.3 Å². The van der Waals surface area contributed by atoms with Gasteiger partial charge in [0.25, 0.3) is 0 Å². The molecular formula is C18H29N3O4. The van der Waals surface area contributed by atoms with Crippen LogP contribution < -0.4 is 0 Å². The standard InChI is InChI=1S/C18H29N3O4/c22-16(23)12-14-5-10-19(11-6-14)17(24)15-4-3-9-21(13-15)18(25)20-7-1-2-8-20/h14-15H,1-13H2,(H,22,23). The number of hydrogen-bond donors (Lipinski definition) is 1. The molecule has 3 aliphatic heterocycles. The Bertz CT molecular complexity index is 510. The summed E-state index contributed by atoms with van der Waals surface area (Å²) in [7, 11) is 0. The highest BCUT2D eigenvalue weighted by Gasteiger charge is 2.34. The third kappa shape index (κ3) is 4.44. The maximum absolute atomic E-state index is 12.8. The first-order valence-corrected chi connectivity index (χ1v) is 9.59. The van der Waals surface area contributed by atoms with Gasteiger partial charge >= 0.3 is 12.0 Å². The van der Waals surface area contributed by atoms with Crippen molar-refractivity contribution in [1.29, 1.82) is 0 Å². The minimum absolute atomic E-state index is 0.0927. The predicted molar refractivity (Wildman–Crippen MR) is 92.1 cm³/mol.